The molecule has 2 N–H and O–H groups in total. The van der Waals surface area contributed by atoms with Crippen LogP contribution in [0.4, 0.5) is 0 Å². The smallest absolute Gasteiger partial charge is 0.234 e. The fraction of sp³-hybridized carbons (Fsp3) is 0.769. The summed E-state index contributed by atoms with van der Waals surface area (Å²) >= 11 is 1.63. The Kier molecular flexibility index (Phi) is 3.30. The summed E-state index contributed by atoms with van der Waals surface area (Å²) in [6.45, 7) is 4.95. The zero-order chi connectivity index (χ0) is 13.5. The van der Waals surface area contributed by atoms with Gasteiger partial charge in [-0.25, -0.2) is 0 Å². The second-order valence-corrected chi connectivity index (χ2v) is 6.72. The van der Waals surface area contributed by atoms with E-state index in [1.165, 1.54) is 25.7 Å². The lowest BCUT2D eigenvalue weighted by molar-refractivity contribution is 0.457. The van der Waals surface area contributed by atoms with Crippen LogP contribution in [0.5, 0.6) is 0 Å². The van der Waals surface area contributed by atoms with Gasteiger partial charge in [-0.1, -0.05) is 38.0 Å². The summed E-state index contributed by atoms with van der Waals surface area (Å²) < 4.78 is 1.96. The van der Waals surface area contributed by atoms with Crippen LogP contribution >= 0.6 is 11.3 Å². The third-order valence-corrected chi connectivity index (χ3v) is 5.69. The molecule has 1 fully saturated rings. The van der Waals surface area contributed by atoms with Gasteiger partial charge >= 0.3 is 0 Å². The Labute approximate surface area is 117 Å². The lowest BCUT2D eigenvalue weighted by atomic mass is 9.89. The molecule has 1 aliphatic carbocycles. The molecule has 0 amide bonds. The Balaban J connectivity index is 2.02. The first-order valence-corrected chi connectivity index (χ1v) is 7.92. The molecule has 0 bridgehead atoms. The molecule has 1 saturated carbocycles. The topological polar surface area (TPSA) is 69.1 Å². The molecule has 0 aliphatic heterocycles. The second-order valence-electron chi connectivity index (χ2n) is 5.76. The zero-order valence-corrected chi connectivity index (χ0v) is 12.4. The molecule has 2 heterocycles. The van der Waals surface area contributed by atoms with E-state index in [9.17, 15) is 0 Å². The quantitative estimate of drug-likeness (QED) is 0.933. The number of nitrogens with zero attached hydrogens (tertiary/aromatic N) is 4. The van der Waals surface area contributed by atoms with Gasteiger partial charge in [0.1, 0.15) is 5.01 Å². The molecular weight excluding hydrogens is 258 g/mol. The van der Waals surface area contributed by atoms with Crippen LogP contribution in [0.3, 0.4) is 0 Å². The van der Waals surface area contributed by atoms with Gasteiger partial charge in [-0.05, 0) is 19.3 Å². The third kappa shape index (κ3) is 2.07. The minimum absolute atomic E-state index is 0.0433. The average Bonchev–Trinajstić information content (AvgIpc) is 3.12. The number of fused-ring (bicyclic) bond motifs is 1. The van der Waals surface area contributed by atoms with Gasteiger partial charge in [0.15, 0.2) is 5.82 Å². The zero-order valence-electron chi connectivity index (χ0n) is 11.6. The van der Waals surface area contributed by atoms with E-state index >= 15 is 0 Å². The van der Waals surface area contributed by atoms with E-state index in [2.05, 4.69) is 24.0 Å². The molecule has 6 heteroatoms. The van der Waals surface area contributed by atoms with Crippen molar-refractivity contribution in [1.82, 2.24) is 19.8 Å². The highest BCUT2D eigenvalue weighted by Gasteiger charge is 2.30. The first kappa shape index (κ1) is 13.0. The van der Waals surface area contributed by atoms with Crippen molar-refractivity contribution in [3.05, 3.63) is 10.8 Å². The Morgan fingerprint density at radius 3 is 2.74 bits per heavy atom. The van der Waals surface area contributed by atoms with E-state index in [0.29, 0.717) is 12.5 Å². The minimum atomic E-state index is -0.0433. The molecule has 5 nitrogen and oxygen atoms in total. The normalized spacial score (nSPS) is 20.2. The van der Waals surface area contributed by atoms with Crippen molar-refractivity contribution < 1.29 is 0 Å². The van der Waals surface area contributed by atoms with Crippen molar-refractivity contribution >= 4 is 16.3 Å². The van der Waals surface area contributed by atoms with Crippen LogP contribution in [0.2, 0.25) is 0 Å². The van der Waals surface area contributed by atoms with Gasteiger partial charge in [-0.3, -0.25) is 0 Å². The summed E-state index contributed by atoms with van der Waals surface area (Å²) in [5.41, 5.74) is 5.88. The number of nitrogens with two attached hydrogens (primary N) is 1. The molecular formula is C13H21N5S. The fourth-order valence-corrected chi connectivity index (χ4v) is 3.77. The largest absolute Gasteiger partial charge is 0.330 e. The Morgan fingerprint density at radius 1 is 1.37 bits per heavy atom. The number of hydrogen-bond donors (Lipinski definition) is 1. The van der Waals surface area contributed by atoms with E-state index < -0.39 is 0 Å². The van der Waals surface area contributed by atoms with Gasteiger partial charge in [-0.15, -0.1) is 10.2 Å². The van der Waals surface area contributed by atoms with Crippen molar-refractivity contribution in [2.45, 2.75) is 57.3 Å². The summed E-state index contributed by atoms with van der Waals surface area (Å²) in [6.07, 6.45) is 6.02. The molecule has 1 aliphatic rings. The van der Waals surface area contributed by atoms with E-state index in [0.717, 1.165) is 22.2 Å². The SMILES string of the molecule is CCC(C)(CN)c1nn2c(C3CCCC3)nnc2s1. The molecule has 19 heavy (non-hydrogen) atoms. The van der Waals surface area contributed by atoms with E-state index in [1.54, 1.807) is 11.3 Å². The van der Waals surface area contributed by atoms with Gasteiger partial charge in [0.2, 0.25) is 4.96 Å². The van der Waals surface area contributed by atoms with Crippen molar-refractivity contribution in [2.75, 3.05) is 6.54 Å². The molecule has 104 valence electrons. The lowest BCUT2D eigenvalue weighted by Gasteiger charge is -2.22. The molecule has 0 saturated heterocycles. The van der Waals surface area contributed by atoms with Gasteiger partial charge in [0.05, 0.1) is 0 Å². The predicted molar refractivity (Wildman–Crippen MR) is 76.6 cm³/mol. The van der Waals surface area contributed by atoms with Crippen LogP contribution in [0.25, 0.3) is 4.96 Å². The molecule has 2 aromatic rings. The summed E-state index contributed by atoms with van der Waals surface area (Å²) in [4.78, 5) is 0.907. The maximum absolute atomic E-state index is 5.92. The first-order valence-electron chi connectivity index (χ1n) is 7.10. The van der Waals surface area contributed by atoms with Gasteiger partial charge in [-0.2, -0.15) is 9.61 Å². The summed E-state index contributed by atoms with van der Waals surface area (Å²) in [6, 6.07) is 0. The van der Waals surface area contributed by atoms with Crippen molar-refractivity contribution in [2.24, 2.45) is 5.73 Å². The van der Waals surface area contributed by atoms with Crippen LogP contribution in [-0.4, -0.2) is 26.4 Å². The van der Waals surface area contributed by atoms with Crippen LogP contribution in [0.1, 0.15) is 62.7 Å². The summed E-state index contributed by atoms with van der Waals surface area (Å²) in [5, 5.41) is 14.5. The monoisotopic (exact) mass is 279 g/mol. The number of hydrogen-bond acceptors (Lipinski definition) is 5. The highest BCUT2D eigenvalue weighted by molar-refractivity contribution is 7.16. The van der Waals surface area contributed by atoms with E-state index in [-0.39, 0.29) is 5.41 Å². The van der Waals surface area contributed by atoms with Gasteiger partial charge in [0, 0.05) is 17.9 Å². The van der Waals surface area contributed by atoms with Gasteiger partial charge in [0.25, 0.3) is 0 Å². The Hall–Kier alpha value is -1.01. The molecule has 2 aromatic heterocycles. The predicted octanol–water partition coefficient (Wildman–Crippen LogP) is 2.47. The number of rotatable bonds is 4. The first-order chi connectivity index (χ1) is 9.18. The Morgan fingerprint density at radius 2 is 2.11 bits per heavy atom. The van der Waals surface area contributed by atoms with Crippen LogP contribution in [-0.2, 0) is 5.41 Å². The standard InChI is InChI=1S/C13H21N5S/c1-3-13(2,8-14)11-17-18-10(9-6-4-5-7-9)15-16-12(18)19-11/h9H,3-8,14H2,1-2H3. The maximum Gasteiger partial charge on any atom is 0.234 e. The van der Waals surface area contributed by atoms with E-state index in [4.69, 9.17) is 10.8 Å². The van der Waals surface area contributed by atoms with E-state index in [1.807, 2.05) is 4.52 Å². The summed E-state index contributed by atoms with van der Waals surface area (Å²) in [7, 11) is 0. The van der Waals surface area contributed by atoms with Crippen LogP contribution < -0.4 is 5.73 Å². The second kappa shape index (κ2) is 4.83. The van der Waals surface area contributed by atoms with Crippen molar-refractivity contribution in [3.63, 3.8) is 0 Å². The highest BCUT2D eigenvalue weighted by atomic mass is 32.1. The molecule has 0 spiro atoms. The van der Waals surface area contributed by atoms with Crippen molar-refractivity contribution in [1.29, 1.82) is 0 Å². The third-order valence-electron chi connectivity index (χ3n) is 4.48. The van der Waals surface area contributed by atoms with Crippen LogP contribution in [0.15, 0.2) is 0 Å². The van der Waals surface area contributed by atoms with Crippen LogP contribution in [0, 0.1) is 0 Å². The molecule has 1 unspecified atom stereocenters. The molecule has 0 radical (unpaired) electrons. The average molecular weight is 279 g/mol. The fourth-order valence-electron chi connectivity index (χ4n) is 2.70. The molecule has 1 atom stereocenters. The minimum Gasteiger partial charge on any atom is -0.330 e. The lowest BCUT2D eigenvalue weighted by Crippen LogP contribution is -2.31. The van der Waals surface area contributed by atoms with Gasteiger partial charge < -0.3 is 5.73 Å². The maximum atomic E-state index is 5.92. The molecule has 0 aromatic carbocycles. The number of aromatic nitrogens is 4. The molecule has 3 rings (SSSR count). The van der Waals surface area contributed by atoms with Crippen molar-refractivity contribution in [3.8, 4) is 0 Å². The summed E-state index contributed by atoms with van der Waals surface area (Å²) in [5.74, 6) is 1.58. The Bertz CT molecular complexity index is 563. The highest BCUT2D eigenvalue weighted by Crippen LogP contribution is 2.35.